The molecular weight excluding hydrogens is 176 g/mol. The van der Waals surface area contributed by atoms with Gasteiger partial charge in [0.2, 0.25) is 0 Å². The molecule has 2 nitrogen and oxygen atoms in total. The Morgan fingerprint density at radius 1 is 1.46 bits per heavy atom. The van der Waals surface area contributed by atoms with Crippen molar-refractivity contribution < 1.29 is 13.9 Å². The maximum absolute atomic E-state index is 13.1. The Labute approximate surface area is 75.0 Å². The molecule has 0 aliphatic carbocycles. The zero-order valence-electron chi connectivity index (χ0n) is 7.22. The van der Waals surface area contributed by atoms with Gasteiger partial charge in [0, 0.05) is 18.2 Å². The van der Waals surface area contributed by atoms with E-state index in [0.29, 0.717) is 0 Å². The molecule has 1 aromatic rings. The third-order valence-corrected chi connectivity index (χ3v) is 1.91. The highest BCUT2D eigenvalue weighted by molar-refractivity contribution is 5.24. The number of halogens is 2. The van der Waals surface area contributed by atoms with Gasteiger partial charge in [-0.25, -0.2) is 8.78 Å². The second-order valence-corrected chi connectivity index (χ2v) is 3.10. The van der Waals surface area contributed by atoms with Crippen LogP contribution in [0.1, 0.15) is 12.5 Å². The first-order valence-corrected chi connectivity index (χ1v) is 3.85. The van der Waals surface area contributed by atoms with Crippen LogP contribution in [0.5, 0.6) is 0 Å². The molecule has 0 aliphatic heterocycles. The maximum atomic E-state index is 13.1. The highest BCUT2D eigenvalue weighted by Crippen LogP contribution is 2.22. The fourth-order valence-corrected chi connectivity index (χ4v) is 1.04. The lowest BCUT2D eigenvalue weighted by molar-refractivity contribution is 0.0628. The summed E-state index contributed by atoms with van der Waals surface area (Å²) in [6.07, 6.45) is 0. The average molecular weight is 187 g/mol. The van der Waals surface area contributed by atoms with E-state index in [2.05, 4.69) is 0 Å². The summed E-state index contributed by atoms with van der Waals surface area (Å²) < 4.78 is 25.6. The van der Waals surface area contributed by atoms with Gasteiger partial charge in [0.15, 0.2) is 0 Å². The van der Waals surface area contributed by atoms with Gasteiger partial charge in [-0.05, 0) is 13.0 Å². The van der Waals surface area contributed by atoms with Gasteiger partial charge in [-0.3, -0.25) is 0 Å². The van der Waals surface area contributed by atoms with E-state index in [1.165, 1.54) is 13.0 Å². The molecule has 0 unspecified atom stereocenters. The summed E-state index contributed by atoms with van der Waals surface area (Å²) in [6, 6.07) is 3.00. The summed E-state index contributed by atoms with van der Waals surface area (Å²) in [6.45, 7) is 1.26. The lowest BCUT2D eigenvalue weighted by Crippen LogP contribution is -2.32. The highest BCUT2D eigenvalue weighted by atomic mass is 19.1. The molecule has 1 atom stereocenters. The van der Waals surface area contributed by atoms with Crippen LogP contribution in [0.25, 0.3) is 0 Å². The van der Waals surface area contributed by atoms with Crippen LogP contribution in [0.2, 0.25) is 0 Å². The molecule has 0 saturated heterocycles. The smallest absolute Gasteiger partial charge is 0.132 e. The molecule has 3 N–H and O–H groups in total. The molecule has 0 fully saturated rings. The van der Waals surface area contributed by atoms with Gasteiger partial charge in [-0.1, -0.05) is 6.07 Å². The molecule has 0 amide bonds. The van der Waals surface area contributed by atoms with E-state index in [0.717, 1.165) is 12.1 Å². The van der Waals surface area contributed by atoms with Crippen LogP contribution in [-0.4, -0.2) is 11.7 Å². The Morgan fingerprint density at radius 2 is 2.08 bits per heavy atom. The molecule has 0 radical (unpaired) electrons. The summed E-state index contributed by atoms with van der Waals surface area (Å²) in [5.74, 6) is -1.45. The largest absolute Gasteiger partial charge is 0.384 e. The zero-order valence-corrected chi connectivity index (χ0v) is 7.22. The van der Waals surface area contributed by atoms with Crippen LogP contribution >= 0.6 is 0 Å². The molecule has 4 heteroatoms. The molecule has 0 aliphatic rings. The van der Waals surface area contributed by atoms with Crippen molar-refractivity contribution in [2.45, 2.75) is 12.5 Å². The van der Waals surface area contributed by atoms with Crippen LogP contribution in [-0.2, 0) is 5.60 Å². The van der Waals surface area contributed by atoms with E-state index in [9.17, 15) is 13.9 Å². The van der Waals surface area contributed by atoms with E-state index >= 15 is 0 Å². The third kappa shape index (κ3) is 2.02. The highest BCUT2D eigenvalue weighted by Gasteiger charge is 2.24. The average Bonchev–Trinajstić information content (AvgIpc) is 2.03. The molecule has 1 rings (SSSR count). The van der Waals surface area contributed by atoms with Gasteiger partial charge in [-0.15, -0.1) is 0 Å². The predicted octanol–water partition coefficient (Wildman–Crippen LogP) is 1.13. The Hall–Kier alpha value is -1.00. The standard InChI is InChI=1S/C9H11F2NO/c1-9(13,5-12)7-3-2-6(10)4-8(7)11/h2-4,13H,5,12H2,1H3/t9-/m1/s1. The van der Waals surface area contributed by atoms with Gasteiger partial charge in [0.05, 0.1) is 0 Å². The van der Waals surface area contributed by atoms with E-state index in [1.807, 2.05) is 0 Å². The van der Waals surface area contributed by atoms with Crippen molar-refractivity contribution in [1.82, 2.24) is 0 Å². The van der Waals surface area contributed by atoms with Gasteiger partial charge >= 0.3 is 0 Å². The summed E-state index contributed by atoms with van der Waals surface area (Å²) in [5, 5.41) is 9.58. The number of nitrogens with two attached hydrogens (primary N) is 1. The van der Waals surface area contributed by atoms with Crippen molar-refractivity contribution in [2.75, 3.05) is 6.54 Å². The monoisotopic (exact) mass is 187 g/mol. The number of benzene rings is 1. The van der Waals surface area contributed by atoms with Gasteiger partial charge in [0.1, 0.15) is 17.2 Å². The molecule has 1 aromatic carbocycles. The fraction of sp³-hybridized carbons (Fsp3) is 0.333. The molecule has 0 heterocycles. The van der Waals surface area contributed by atoms with Crippen molar-refractivity contribution in [3.8, 4) is 0 Å². The van der Waals surface area contributed by atoms with Gasteiger partial charge < -0.3 is 10.8 Å². The summed E-state index contributed by atoms with van der Waals surface area (Å²) >= 11 is 0. The number of rotatable bonds is 2. The van der Waals surface area contributed by atoms with Crippen molar-refractivity contribution >= 4 is 0 Å². The van der Waals surface area contributed by atoms with E-state index in [-0.39, 0.29) is 12.1 Å². The van der Waals surface area contributed by atoms with E-state index in [1.54, 1.807) is 0 Å². The Balaban J connectivity index is 3.16. The SMILES string of the molecule is C[C@@](O)(CN)c1ccc(F)cc1F. The Bertz CT molecular complexity index is 312. The number of hydrogen-bond acceptors (Lipinski definition) is 2. The molecule has 0 spiro atoms. The molecule has 0 bridgehead atoms. The van der Waals surface area contributed by atoms with Crippen molar-refractivity contribution in [2.24, 2.45) is 5.73 Å². The fourth-order valence-electron chi connectivity index (χ4n) is 1.04. The summed E-state index contributed by atoms with van der Waals surface area (Å²) in [4.78, 5) is 0. The first-order chi connectivity index (χ1) is 5.97. The zero-order chi connectivity index (χ0) is 10.1. The lowest BCUT2D eigenvalue weighted by Gasteiger charge is -2.21. The van der Waals surface area contributed by atoms with Crippen LogP contribution in [0, 0.1) is 11.6 Å². The van der Waals surface area contributed by atoms with Gasteiger partial charge in [0.25, 0.3) is 0 Å². The minimum atomic E-state index is -1.45. The summed E-state index contributed by atoms with van der Waals surface area (Å²) in [5.41, 5.74) is 3.80. The minimum Gasteiger partial charge on any atom is -0.384 e. The molecule has 72 valence electrons. The number of aliphatic hydroxyl groups is 1. The normalized spacial score (nSPS) is 15.5. The van der Waals surface area contributed by atoms with E-state index < -0.39 is 17.2 Å². The first-order valence-electron chi connectivity index (χ1n) is 3.85. The van der Waals surface area contributed by atoms with Crippen molar-refractivity contribution in [3.63, 3.8) is 0 Å². The maximum Gasteiger partial charge on any atom is 0.132 e. The lowest BCUT2D eigenvalue weighted by atomic mass is 9.96. The quantitative estimate of drug-likeness (QED) is 0.729. The Kier molecular flexibility index (Phi) is 2.63. The molecule has 0 aromatic heterocycles. The van der Waals surface area contributed by atoms with E-state index in [4.69, 9.17) is 5.73 Å². The topological polar surface area (TPSA) is 46.2 Å². The predicted molar refractivity (Wildman–Crippen MR) is 45.0 cm³/mol. The molecular formula is C9H11F2NO. The molecule has 0 saturated carbocycles. The van der Waals surface area contributed by atoms with Crippen LogP contribution in [0.4, 0.5) is 8.78 Å². The first kappa shape index (κ1) is 10.1. The van der Waals surface area contributed by atoms with Crippen LogP contribution in [0.3, 0.4) is 0 Å². The second kappa shape index (κ2) is 3.40. The van der Waals surface area contributed by atoms with Gasteiger partial charge in [-0.2, -0.15) is 0 Å². The van der Waals surface area contributed by atoms with Crippen molar-refractivity contribution in [3.05, 3.63) is 35.4 Å². The second-order valence-electron chi connectivity index (χ2n) is 3.10. The van der Waals surface area contributed by atoms with Crippen LogP contribution < -0.4 is 5.73 Å². The van der Waals surface area contributed by atoms with Crippen molar-refractivity contribution in [1.29, 1.82) is 0 Å². The molecule has 13 heavy (non-hydrogen) atoms. The number of hydrogen-bond donors (Lipinski definition) is 2. The Morgan fingerprint density at radius 3 is 2.54 bits per heavy atom. The third-order valence-electron chi connectivity index (χ3n) is 1.91. The minimum absolute atomic E-state index is 0.0106. The summed E-state index contributed by atoms with van der Waals surface area (Å²) in [7, 11) is 0. The van der Waals surface area contributed by atoms with Crippen LogP contribution in [0.15, 0.2) is 18.2 Å².